The number of alkyl halides is 3. The van der Waals surface area contributed by atoms with Crippen LogP contribution in [0.3, 0.4) is 0 Å². The highest BCUT2D eigenvalue weighted by Crippen LogP contribution is 2.61. The van der Waals surface area contributed by atoms with Crippen molar-refractivity contribution in [2.45, 2.75) is 276 Å². The van der Waals surface area contributed by atoms with Crippen LogP contribution in [-0.2, 0) is 40.4 Å². The Labute approximate surface area is 720 Å². The summed E-state index contributed by atoms with van der Waals surface area (Å²) in [4.78, 5) is 4.66. The quantitative estimate of drug-likeness (QED) is 0.0314. The smallest absolute Gasteiger partial charge is 0.508 e. The van der Waals surface area contributed by atoms with E-state index in [1.807, 2.05) is 36.4 Å². The van der Waals surface area contributed by atoms with Crippen LogP contribution in [0, 0.1) is 99.1 Å². The Hall–Kier alpha value is -6.74. The summed E-state index contributed by atoms with van der Waals surface area (Å²) in [6.07, 6.45) is 34.3. The average molecular weight is 1760 g/mol. The van der Waals surface area contributed by atoms with Gasteiger partial charge < -0.3 is 19.3 Å². The molecule has 7 aromatic rings. The summed E-state index contributed by atoms with van der Waals surface area (Å²) in [6, 6.07) is 35.9. The average Bonchev–Trinajstić information content (AvgIpc) is 1.20. The molecule has 7 aromatic carbocycles. The lowest BCUT2D eigenvalue weighted by atomic mass is 9.64. The molecule has 12 atom stereocenters. The Kier molecular flexibility index (Phi) is 33.7. The highest BCUT2D eigenvalue weighted by Gasteiger charge is 2.50. The highest BCUT2D eigenvalue weighted by molar-refractivity contribution is 8.24. The van der Waals surface area contributed by atoms with Crippen molar-refractivity contribution in [1.29, 1.82) is 10.5 Å². The molecule has 0 saturated heterocycles. The number of rotatable bonds is 14. The minimum atomic E-state index is -5.88. The maximum atomic E-state index is 15.3. The van der Waals surface area contributed by atoms with Gasteiger partial charge in [-0.25, -0.2) is 22.0 Å². The number of nitrogens with zero attached hydrogens (tertiary/aromatic N) is 3. The molecule has 24 heteroatoms. The number of aryl methyl sites for hydroxylation is 1. The zero-order valence-electron chi connectivity index (χ0n) is 69.0. The number of halogens is 11. The van der Waals surface area contributed by atoms with E-state index in [1.165, 1.54) is 150 Å². The number of fused-ring (bicyclic) bond motifs is 12. The van der Waals surface area contributed by atoms with E-state index >= 15 is 8.78 Å². The monoisotopic (exact) mass is 1750 g/mol. The van der Waals surface area contributed by atoms with Crippen molar-refractivity contribution in [2.75, 3.05) is 0 Å². The number of hydrogen-bond acceptors (Lipinski definition) is 10. The first-order valence-corrected chi connectivity index (χ1v) is 48.9. The SMILES string of the molecule is C.CC1(C)CCC(c2ccc(B(O)O)cc2)=N1.CCCC1CCC2c3ccc(-c4ccc(C#N)c(F)c4)c(F)c3CCC2C1.CCCC1CCC2c3ccc(-c4ccc(C#N)c(F)c4)c(F)c3CCC2C1.CCCC1CCC2c3ccc(O)cc3CCC2C1.CCCC1CCC2c3ccc(OS(=O)(=O)C(F)(F)F)c(F)c3CCC2C1.O=P(Cl)(Cl)Cl. The molecule has 4 saturated carbocycles. The lowest BCUT2D eigenvalue weighted by molar-refractivity contribution is -0.0501. The van der Waals surface area contributed by atoms with E-state index in [0.29, 0.717) is 81.0 Å². The summed E-state index contributed by atoms with van der Waals surface area (Å²) in [7, 11) is -7.27. The molecule has 1 aliphatic heterocycles. The summed E-state index contributed by atoms with van der Waals surface area (Å²) in [5, 5.41) is 42.1. The third kappa shape index (κ3) is 23.8. The minimum Gasteiger partial charge on any atom is -0.508 e. The second kappa shape index (κ2) is 42.3. The van der Waals surface area contributed by atoms with Gasteiger partial charge in [-0.2, -0.15) is 32.1 Å². The lowest BCUT2D eigenvalue weighted by Crippen LogP contribution is -2.30. The summed E-state index contributed by atoms with van der Waals surface area (Å²) in [5.74, 6) is 4.97. The van der Waals surface area contributed by atoms with Gasteiger partial charge in [-0.3, -0.25) is 9.56 Å². The fraction of sp³-hybridized carbons (Fsp3) is 0.531. The van der Waals surface area contributed by atoms with Gasteiger partial charge >= 0.3 is 27.9 Å². The van der Waals surface area contributed by atoms with Crippen LogP contribution in [0.15, 0.2) is 120 Å². The van der Waals surface area contributed by atoms with Crippen LogP contribution in [0.5, 0.6) is 11.5 Å². The van der Waals surface area contributed by atoms with Crippen LogP contribution in [0.25, 0.3) is 22.3 Å². The number of phenolic OH excluding ortho intramolecular Hbond substituents is 1. The summed E-state index contributed by atoms with van der Waals surface area (Å²) < 4.78 is 147. The Bertz CT molecular complexity index is 4820. The first-order valence-electron chi connectivity index (χ1n) is 43.0. The van der Waals surface area contributed by atoms with E-state index in [4.69, 9.17) is 20.6 Å². The number of aromatic hydroxyl groups is 1. The van der Waals surface area contributed by atoms with Gasteiger partial charge in [-0.15, -0.1) is 0 Å². The van der Waals surface area contributed by atoms with E-state index < -0.39 is 51.1 Å². The van der Waals surface area contributed by atoms with Gasteiger partial charge in [0.1, 0.15) is 41.2 Å². The molecule has 0 spiro atoms. The van der Waals surface area contributed by atoms with Crippen molar-refractivity contribution in [3.05, 3.63) is 206 Å². The van der Waals surface area contributed by atoms with Gasteiger partial charge in [-0.1, -0.05) is 159 Å². The van der Waals surface area contributed by atoms with Gasteiger partial charge in [-0.05, 0) is 369 Å². The molecule has 0 bridgehead atoms. The number of aliphatic imine (C=N–C) groups is 1. The molecule has 0 amide bonds. The lowest BCUT2D eigenvalue weighted by Gasteiger charge is -2.41. The fourth-order valence-corrected chi connectivity index (χ4v) is 21.9. The maximum absolute atomic E-state index is 15.3. The maximum Gasteiger partial charge on any atom is 0.534 e. The van der Waals surface area contributed by atoms with Crippen molar-refractivity contribution in [3.8, 4) is 45.9 Å². The summed E-state index contributed by atoms with van der Waals surface area (Å²) >= 11 is 13.8. The van der Waals surface area contributed by atoms with Crippen molar-refractivity contribution < 1.29 is 67.4 Å². The van der Waals surface area contributed by atoms with Crippen molar-refractivity contribution in [2.24, 2.45) is 52.3 Å². The summed E-state index contributed by atoms with van der Waals surface area (Å²) in [6.45, 7) is 13.2. The van der Waals surface area contributed by atoms with Crippen LogP contribution in [-0.4, -0.2) is 47.4 Å². The fourth-order valence-electron chi connectivity index (χ4n) is 21.4. The van der Waals surface area contributed by atoms with Crippen LogP contribution < -0.4 is 9.65 Å². The van der Waals surface area contributed by atoms with Crippen LogP contribution in [0.1, 0.15) is 301 Å². The normalized spacial score (nSPS) is 24.0. The second-order valence-corrected chi connectivity index (χ2v) is 43.3. The molecule has 8 aliphatic carbocycles. The number of benzene rings is 7. The third-order valence-electron chi connectivity index (χ3n) is 27.0. The Morgan fingerprint density at radius 2 is 0.875 bits per heavy atom. The molecule has 12 unspecified atom stereocenters. The van der Waals surface area contributed by atoms with Crippen LogP contribution in [0.2, 0.25) is 0 Å². The Morgan fingerprint density at radius 1 is 0.508 bits per heavy atom. The van der Waals surface area contributed by atoms with E-state index in [2.05, 4.69) is 103 Å². The number of hydrogen-bond donors (Lipinski definition) is 3. The first kappa shape index (κ1) is 95.5. The molecule has 3 N–H and O–H groups in total. The topological polar surface area (TPSA) is 181 Å². The molecule has 10 nitrogen and oxygen atoms in total. The molecule has 16 rings (SSSR count). The molecule has 0 aromatic heterocycles. The van der Waals surface area contributed by atoms with Crippen molar-refractivity contribution in [3.63, 3.8) is 0 Å². The molecule has 9 aliphatic rings. The van der Waals surface area contributed by atoms with Crippen LogP contribution in [0.4, 0.5) is 35.1 Å². The molecule has 648 valence electrons. The number of nitriles is 2. The first-order chi connectivity index (χ1) is 56.6. The standard InChI is InChI=1S/2C24H25F2N.C18H22F4O3S.C17H24O.C12H16BNO2.CH4.Cl3OP/c2*1-2-3-15-4-8-19-16(12-15)7-9-22-21(19)11-10-20(24(22)26)17-5-6-18(14-27)23(25)13-17;1-2-3-11-4-6-13-12(10-11)5-7-15-14(13)8-9-16(17(15)19)25-26(23,24)18(20,21)22;1-2-3-12-4-8-16-13(10-12)5-6-14-11-15(18)7-9-17(14)16;1-12(2)8-7-11(14-12)9-3-5-10(6-4-9)13(15)16;;1-5(2,3)4/h2*5-6,10-11,13,15-16,19H,2-4,7-9,12H2,1H3;8-9,11-13H,2-7,10H2,1H3;7,9,11-13,16,18H,2-6,8,10H2,1H3;3-6,15-16H,7-8H2,1-2H3;1H4;. The second-order valence-electron chi connectivity index (χ2n) is 35.2. The van der Waals surface area contributed by atoms with Gasteiger partial charge in [0.15, 0.2) is 11.6 Å². The van der Waals surface area contributed by atoms with Crippen molar-refractivity contribution >= 4 is 67.3 Å². The van der Waals surface area contributed by atoms with E-state index in [1.54, 1.807) is 42.0 Å². The van der Waals surface area contributed by atoms with Crippen molar-refractivity contribution in [1.82, 2.24) is 0 Å². The van der Waals surface area contributed by atoms with E-state index in [-0.39, 0.29) is 41.6 Å². The molecular formula is C96H116BCl3F8N3O7PS. The van der Waals surface area contributed by atoms with E-state index in [0.717, 1.165) is 147 Å². The zero-order valence-corrected chi connectivity index (χ0v) is 73.0. The van der Waals surface area contributed by atoms with Gasteiger partial charge in [0, 0.05) is 16.8 Å². The van der Waals surface area contributed by atoms with Crippen LogP contribution >= 0.6 is 38.9 Å². The zero-order chi connectivity index (χ0) is 85.8. The Morgan fingerprint density at radius 3 is 1.23 bits per heavy atom. The molecule has 4 fully saturated rings. The van der Waals surface area contributed by atoms with Gasteiger partial charge in [0.05, 0.1) is 16.7 Å². The largest absolute Gasteiger partial charge is 0.534 e. The summed E-state index contributed by atoms with van der Waals surface area (Å²) in [5.41, 5.74) is 7.08. The van der Waals surface area contributed by atoms with Gasteiger partial charge in [0.25, 0.3) is 0 Å². The predicted octanol–water partition coefficient (Wildman–Crippen LogP) is 27.6. The molecule has 120 heavy (non-hydrogen) atoms. The highest BCUT2D eigenvalue weighted by atomic mass is 36.0. The minimum absolute atomic E-state index is 0. The molecular weight excluding hydrogens is 1640 g/mol. The Balaban J connectivity index is 0.000000157. The van der Waals surface area contributed by atoms with Gasteiger partial charge in [0.2, 0.25) is 0 Å². The molecule has 1 heterocycles. The third-order valence-corrected chi connectivity index (χ3v) is 28.0. The predicted molar refractivity (Wildman–Crippen MR) is 468 cm³/mol. The molecule has 0 radical (unpaired) electrons. The number of phenols is 1. The van der Waals surface area contributed by atoms with E-state index in [9.17, 15) is 44.4 Å².